The summed E-state index contributed by atoms with van der Waals surface area (Å²) in [6.45, 7) is 7.80. The molecule has 1 fully saturated rings. The fourth-order valence-corrected chi connectivity index (χ4v) is 2.93. The molecule has 3 rings (SSSR count). The van der Waals surface area contributed by atoms with Gasteiger partial charge in [0.25, 0.3) is 0 Å². The molecule has 0 unspecified atom stereocenters. The third-order valence-electron chi connectivity index (χ3n) is 4.49. The second kappa shape index (κ2) is 7.03. The fourth-order valence-electron chi connectivity index (χ4n) is 2.93. The van der Waals surface area contributed by atoms with Crippen molar-refractivity contribution in [3.05, 3.63) is 53.9 Å². The molecule has 1 aromatic carbocycles. The number of benzene rings is 1. The van der Waals surface area contributed by atoms with Crippen LogP contribution in [0.25, 0.3) is 11.1 Å². The molecular formula is C19H25N3. The third-order valence-corrected chi connectivity index (χ3v) is 4.49. The van der Waals surface area contributed by atoms with Crippen LogP contribution in [0.3, 0.4) is 0 Å². The number of piperazine rings is 1. The minimum Gasteiger partial charge on any atom is -0.304 e. The van der Waals surface area contributed by atoms with Gasteiger partial charge >= 0.3 is 0 Å². The Balaban J connectivity index is 1.71. The van der Waals surface area contributed by atoms with Crippen molar-refractivity contribution in [3.63, 3.8) is 0 Å². The number of nitrogens with zero attached hydrogens (tertiary/aromatic N) is 3. The molecule has 0 amide bonds. The third kappa shape index (κ3) is 3.73. The topological polar surface area (TPSA) is 19.4 Å². The number of hydrogen-bond acceptors (Lipinski definition) is 3. The first-order valence-corrected chi connectivity index (χ1v) is 8.19. The van der Waals surface area contributed by atoms with Crippen LogP contribution in [0.15, 0.2) is 42.7 Å². The highest BCUT2D eigenvalue weighted by molar-refractivity contribution is 5.63. The molecule has 116 valence electrons. The van der Waals surface area contributed by atoms with E-state index in [0.29, 0.717) is 0 Å². The van der Waals surface area contributed by atoms with E-state index in [1.807, 2.05) is 12.4 Å². The second-order valence-electron chi connectivity index (χ2n) is 6.21. The summed E-state index contributed by atoms with van der Waals surface area (Å²) >= 11 is 0. The van der Waals surface area contributed by atoms with Crippen molar-refractivity contribution >= 4 is 0 Å². The average molecular weight is 295 g/mol. The monoisotopic (exact) mass is 295 g/mol. The van der Waals surface area contributed by atoms with E-state index in [9.17, 15) is 0 Å². The van der Waals surface area contributed by atoms with Gasteiger partial charge in [0.15, 0.2) is 0 Å². The van der Waals surface area contributed by atoms with Crippen molar-refractivity contribution in [2.24, 2.45) is 0 Å². The van der Waals surface area contributed by atoms with Gasteiger partial charge in [0.1, 0.15) is 0 Å². The summed E-state index contributed by atoms with van der Waals surface area (Å²) in [6, 6.07) is 11.1. The Morgan fingerprint density at radius 2 is 1.64 bits per heavy atom. The van der Waals surface area contributed by atoms with E-state index in [0.717, 1.165) is 39.1 Å². The number of hydrogen-bond donors (Lipinski definition) is 0. The van der Waals surface area contributed by atoms with Crippen LogP contribution >= 0.6 is 0 Å². The van der Waals surface area contributed by atoms with E-state index in [4.69, 9.17) is 0 Å². The zero-order chi connectivity index (χ0) is 15.4. The lowest BCUT2D eigenvalue weighted by Crippen LogP contribution is -2.43. The fraction of sp³-hybridized carbons (Fsp3) is 0.421. The van der Waals surface area contributed by atoms with Crippen molar-refractivity contribution in [2.45, 2.75) is 19.9 Å². The van der Waals surface area contributed by atoms with Gasteiger partial charge in [-0.15, -0.1) is 0 Å². The van der Waals surface area contributed by atoms with E-state index in [2.05, 4.69) is 59.1 Å². The molecule has 3 nitrogen and oxygen atoms in total. The van der Waals surface area contributed by atoms with Gasteiger partial charge in [0.05, 0.1) is 0 Å². The highest BCUT2D eigenvalue weighted by atomic mass is 15.2. The first kappa shape index (κ1) is 15.2. The molecule has 0 atom stereocenters. The van der Waals surface area contributed by atoms with Gasteiger partial charge in [-0.05, 0) is 36.2 Å². The molecule has 0 radical (unpaired) electrons. The number of pyridine rings is 1. The Morgan fingerprint density at radius 3 is 2.32 bits per heavy atom. The van der Waals surface area contributed by atoms with Gasteiger partial charge in [-0.1, -0.05) is 31.2 Å². The number of rotatable bonds is 4. The van der Waals surface area contributed by atoms with Crippen LogP contribution in [0.2, 0.25) is 0 Å². The average Bonchev–Trinajstić information content (AvgIpc) is 2.57. The number of aryl methyl sites for hydroxylation is 1. The van der Waals surface area contributed by atoms with E-state index in [-0.39, 0.29) is 0 Å². The summed E-state index contributed by atoms with van der Waals surface area (Å²) in [5, 5.41) is 0. The first-order valence-electron chi connectivity index (χ1n) is 8.19. The van der Waals surface area contributed by atoms with Gasteiger partial charge < -0.3 is 4.90 Å². The van der Waals surface area contributed by atoms with Gasteiger partial charge in [-0.25, -0.2) is 0 Å². The quantitative estimate of drug-likeness (QED) is 0.864. The summed E-state index contributed by atoms with van der Waals surface area (Å²) in [5.74, 6) is 0. The molecule has 1 aromatic heterocycles. The lowest BCUT2D eigenvalue weighted by atomic mass is 10.0. The maximum absolute atomic E-state index is 4.45. The Labute approximate surface area is 133 Å². The molecule has 1 aliphatic heterocycles. The molecule has 22 heavy (non-hydrogen) atoms. The highest BCUT2D eigenvalue weighted by Gasteiger charge is 2.14. The molecule has 1 saturated heterocycles. The van der Waals surface area contributed by atoms with Crippen LogP contribution < -0.4 is 0 Å². The minimum atomic E-state index is 1.00. The predicted molar refractivity (Wildman–Crippen MR) is 91.8 cm³/mol. The largest absolute Gasteiger partial charge is 0.304 e. The molecule has 0 spiro atoms. The van der Waals surface area contributed by atoms with E-state index in [1.165, 1.54) is 22.3 Å². The minimum absolute atomic E-state index is 1.00. The molecule has 1 aliphatic rings. The summed E-state index contributed by atoms with van der Waals surface area (Å²) in [6.07, 6.45) is 5.05. The zero-order valence-corrected chi connectivity index (χ0v) is 13.6. The molecule has 0 N–H and O–H groups in total. The van der Waals surface area contributed by atoms with Crippen molar-refractivity contribution in [1.29, 1.82) is 0 Å². The molecular weight excluding hydrogens is 270 g/mol. The lowest BCUT2D eigenvalue weighted by molar-refractivity contribution is 0.148. The molecule has 2 heterocycles. The predicted octanol–water partition coefficient (Wildman–Crippen LogP) is 3.06. The number of aromatic nitrogens is 1. The van der Waals surface area contributed by atoms with Crippen molar-refractivity contribution in [1.82, 2.24) is 14.8 Å². The maximum Gasteiger partial charge on any atom is 0.0346 e. The van der Waals surface area contributed by atoms with Gasteiger partial charge in [0, 0.05) is 50.7 Å². The van der Waals surface area contributed by atoms with Crippen molar-refractivity contribution in [2.75, 3.05) is 33.2 Å². The van der Waals surface area contributed by atoms with Gasteiger partial charge in [-0.2, -0.15) is 0 Å². The van der Waals surface area contributed by atoms with E-state index < -0.39 is 0 Å². The first-order chi connectivity index (χ1) is 10.7. The normalized spacial score (nSPS) is 16.8. The van der Waals surface area contributed by atoms with Crippen LogP contribution in [0.1, 0.15) is 18.1 Å². The van der Waals surface area contributed by atoms with E-state index >= 15 is 0 Å². The Bertz CT molecular complexity index is 598. The van der Waals surface area contributed by atoms with Crippen molar-refractivity contribution < 1.29 is 0 Å². The van der Waals surface area contributed by atoms with Crippen LogP contribution in [-0.4, -0.2) is 48.0 Å². The molecule has 3 heteroatoms. The highest BCUT2D eigenvalue weighted by Crippen LogP contribution is 2.21. The maximum atomic E-state index is 4.45. The summed E-state index contributed by atoms with van der Waals surface area (Å²) in [7, 11) is 2.19. The van der Waals surface area contributed by atoms with Crippen LogP contribution in [0.4, 0.5) is 0 Å². The number of likely N-dealkylation sites (N-methyl/N-ethyl adjacent to an activating group) is 1. The Morgan fingerprint density at radius 1 is 0.909 bits per heavy atom. The van der Waals surface area contributed by atoms with Gasteiger partial charge in [-0.3, -0.25) is 9.88 Å². The summed E-state index contributed by atoms with van der Waals surface area (Å²) in [4.78, 5) is 9.35. The zero-order valence-electron chi connectivity index (χ0n) is 13.6. The molecule has 0 aliphatic carbocycles. The smallest absolute Gasteiger partial charge is 0.0346 e. The summed E-state index contributed by atoms with van der Waals surface area (Å²) in [5.41, 5.74) is 5.16. The van der Waals surface area contributed by atoms with Gasteiger partial charge in [0.2, 0.25) is 0 Å². The molecule has 0 bridgehead atoms. The van der Waals surface area contributed by atoms with Crippen LogP contribution in [-0.2, 0) is 13.0 Å². The van der Waals surface area contributed by atoms with Crippen LogP contribution in [0.5, 0.6) is 0 Å². The second-order valence-corrected chi connectivity index (χ2v) is 6.21. The lowest BCUT2D eigenvalue weighted by Gasteiger charge is -2.32. The SMILES string of the molecule is CCc1ccc(-c2cncc(CN3CCN(C)CC3)c2)cc1. The van der Waals surface area contributed by atoms with Crippen LogP contribution in [0, 0.1) is 0 Å². The Hall–Kier alpha value is -1.71. The molecule has 2 aromatic rings. The molecule has 0 saturated carbocycles. The van der Waals surface area contributed by atoms with Crippen molar-refractivity contribution in [3.8, 4) is 11.1 Å². The summed E-state index contributed by atoms with van der Waals surface area (Å²) < 4.78 is 0. The van der Waals surface area contributed by atoms with E-state index in [1.54, 1.807) is 0 Å². The Kier molecular flexibility index (Phi) is 4.86. The standard InChI is InChI=1S/C19H25N3/c1-3-16-4-6-18(7-5-16)19-12-17(13-20-14-19)15-22-10-8-21(2)9-11-22/h4-7,12-14H,3,8-11,15H2,1-2H3.